The Morgan fingerprint density at radius 2 is 1.29 bits per heavy atom. The van der Waals surface area contributed by atoms with E-state index >= 15 is 0 Å². The highest BCUT2D eigenvalue weighted by Gasteiger charge is 2.11. The van der Waals surface area contributed by atoms with Crippen LogP contribution in [0.3, 0.4) is 0 Å². The van der Waals surface area contributed by atoms with Crippen LogP contribution in [0.25, 0.3) is 0 Å². The van der Waals surface area contributed by atoms with Crippen LogP contribution in [0, 0.1) is 0 Å². The van der Waals surface area contributed by atoms with Crippen molar-refractivity contribution in [1.82, 2.24) is 10.6 Å². The van der Waals surface area contributed by atoms with Crippen molar-refractivity contribution in [3.05, 3.63) is 0 Å². The van der Waals surface area contributed by atoms with Gasteiger partial charge in [0.05, 0.1) is 0 Å². The van der Waals surface area contributed by atoms with Gasteiger partial charge in [-0.2, -0.15) is 0 Å². The zero-order valence-corrected chi connectivity index (χ0v) is 8.28. The molecule has 0 aliphatic rings. The molecule has 6 nitrogen and oxygen atoms in total. The lowest BCUT2D eigenvalue weighted by molar-refractivity contribution is -0.140. The highest BCUT2D eigenvalue weighted by molar-refractivity contribution is 5.73. The Bertz CT molecular complexity index is 186. The van der Waals surface area contributed by atoms with Crippen LogP contribution in [0.4, 0.5) is 0 Å². The molecule has 14 heavy (non-hydrogen) atoms. The second kappa shape index (κ2) is 6.33. The molecule has 0 aromatic rings. The third-order valence-corrected chi connectivity index (χ3v) is 1.77. The maximum absolute atomic E-state index is 10.4. The molecule has 0 saturated heterocycles. The number of hydrogen-bond acceptors (Lipinski definition) is 4. The predicted octanol–water partition coefficient (Wildman–Crippen LogP) is -0.888. The minimum Gasteiger partial charge on any atom is -0.480 e. The maximum atomic E-state index is 10.4. The molecule has 82 valence electrons. The number of carboxylic acids is 2. The van der Waals surface area contributed by atoms with E-state index in [2.05, 4.69) is 10.6 Å². The van der Waals surface area contributed by atoms with Gasteiger partial charge >= 0.3 is 11.9 Å². The molecular weight excluding hydrogens is 188 g/mol. The fourth-order valence-corrected chi connectivity index (χ4v) is 0.752. The molecule has 0 aliphatic carbocycles. The van der Waals surface area contributed by atoms with Gasteiger partial charge in [-0.3, -0.25) is 9.59 Å². The molecule has 4 N–H and O–H groups in total. The van der Waals surface area contributed by atoms with Crippen LogP contribution in [0.5, 0.6) is 0 Å². The summed E-state index contributed by atoms with van der Waals surface area (Å²) in [5.41, 5.74) is 0. The number of carbonyl (C=O) groups is 2. The zero-order chi connectivity index (χ0) is 11.1. The van der Waals surface area contributed by atoms with Gasteiger partial charge in [-0.25, -0.2) is 0 Å². The molecule has 0 heterocycles. The van der Waals surface area contributed by atoms with Crippen molar-refractivity contribution in [2.24, 2.45) is 0 Å². The third-order valence-electron chi connectivity index (χ3n) is 1.77. The molecule has 0 bridgehead atoms. The average molecular weight is 204 g/mol. The molecule has 0 spiro atoms. The number of aliphatic carboxylic acids is 2. The van der Waals surface area contributed by atoms with Gasteiger partial charge in [0.2, 0.25) is 0 Å². The molecule has 0 amide bonds. The first kappa shape index (κ1) is 12.9. The van der Waals surface area contributed by atoms with E-state index in [1.807, 2.05) is 0 Å². The van der Waals surface area contributed by atoms with E-state index < -0.39 is 24.0 Å². The number of hydrogen-bond donors (Lipinski definition) is 4. The van der Waals surface area contributed by atoms with E-state index in [1.54, 1.807) is 0 Å². The van der Waals surface area contributed by atoms with Crippen LogP contribution in [0.15, 0.2) is 0 Å². The van der Waals surface area contributed by atoms with Crippen molar-refractivity contribution in [3.8, 4) is 0 Å². The largest absolute Gasteiger partial charge is 0.480 e. The molecule has 0 rings (SSSR count). The van der Waals surface area contributed by atoms with Crippen LogP contribution in [-0.2, 0) is 9.59 Å². The van der Waals surface area contributed by atoms with Crippen molar-refractivity contribution in [1.29, 1.82) is 0 Å². The van der Waals surface area contributed by atoms with Gasteiger partial charge in [0.15, 0.2) is 0 Å². The lowest BCUT2D eigenvalue weighted by Crippen LogP contribution is -2.42. The summed E-state index contributed by atoms with van der Waals surface area (Å²) >= 11 is 0. The van der Waals surface area contributed by atoms with E-state index in [0.717, 1.165) is 0 Å². The van der Waals surface area contributed by atoms with E-state index in [1.165, 1.54) is 13.8 Å². The van der Waals surface area contributed by atoms with E-state index in [9.17, 15) is 9.59 Å². The Balaban J connectivity index is 3.47. The van der Waals surface area contributed by atoms with Gasteiger partial charge in [-0.1, -0.05) is 0 Å². The third kappa shape index (κ3) is 5.50. The number of nitrogens with one attached hydrogen (secondary N) is 2. The Morgan fingerprint density at radius 3 is 1.50 bits per heavy atom. The summed E-state index contributed by atoms with van der Waals surface area (Å²) in [4.78, 5) is 20.7. The molecule has 0 aromatic carbocycles. The van der Waals surface area contributed by atoms with Crippen molar-refractivity contribution in [2.75, 3.05) is 13.1 Å². The SMILES string of the molecule is C[C@H](NCCN[C@H](C)C(=O)O)C(=O)O. The maximum Gasteiger partial charge on any atom is 0.320 e. The second-order valence-electron chi connectivity index (χ2n) is 3.03. The highest BCUT2D eigenvalue weighted by atomic mass is 16.4. The first-order valence-electron chi connectivity index (χ1n) is 4.37. The first-order valence-corrected chi connectivity index (χ1v) is 4.37. The molecule has 2 atom stereocenters. The predicted molar refractivity (Wildman–Crippen MR) is 50.2 cm³/mol. The van der Waals surface area contributed by atoms with E-state index in [0.29, 0.717) is 13.1 Å². The summed E-state index contributed by atoms with van der Waals surface area (Å²) in [5.74, 6) is -1.84. The summed E-state index contributed by atoms with van der Waals surface area (Å²) in [7, 11) is 0. The molecule has 0 radical (unpaired) electrons. The Kier molecular flexibility index (Phi) is 5.82. The molecule has 0 aromatic heterocycles. The standard InChI is InChI=1S/C8H16N2O4/c1-5(7(11)12)9-3-4-10-6(2)8(13)14/h5-6,9-10H,3-4H2,1-2H3,(H,11,12)(H,13,14)/t5-,6+. The van der Waals surface area contributed by atoms with Crippen molar-refractivity contribution < 1.29 is 19.8 Å². The Hall–Kier alpha value is -1.14. The lowest BCUT2D eigenvalue weighted by Gasteiger charge is -2.11. The Labute approximate surface area is 82.3 Å². The van der Waals surface area contributed by atoms with Gasteiger partial charge in [0.1, 0.15) is 12.1 Å². The molecule has 0 unspecified atom stereocenters. The number of rotatable bonds is 7. The van der Waals surface area contributed by atoms with Crippen LogP contribution in [0.1, 0.15) is 13.8 Å². The second-order valence-corrected chi connectivity index (χ2v) is 3.03. The van der Waals surface area contributed by atoms with Gasteiger partial charge in [0.25, 0.3) is 0 Å². The topological polar surface area (TPSA) is 98.7 Å². The van der Waals surface area contributed by atoms with Crippen molar-refractivity contribution in [2.45, 2.75) is 25.9 Å². The minimum absolute atomic E-state index is 0.422. The summed E-state index contributed by atoms with van der Waals surface area (Å²) in [5, 5.41) is 22.4. The monoisotopic (exact) mass is 204 g/mol. The summed E-state index contributed by atoms with van der Waals surface area (Å²) in [6.45, 7) is 3.90. The van der Waals surface area contributed by atoms with Gasteiger partial charge in [0, 0.05) is 13.1 Å². The first-order chi connectivity index (χ1) is 6.45. The van der Waals surface area contributed by atoms with E-state index in [-0.39, 0.29) is 0 Å². The summed E-state index contributed by atoms with van der Waals surface area (Å²) < 4.78 is 0. The van der Waals surface area contributed by atoms with Gasteiger partial charge < -0.3 is 20.8 Å². The molecule has 6 heteroatoms. The normalized spacial score (nSPS) is 14.7. The fraction of sp³-hybridized carbons (Fsp3) is 0.750. The van der Waals surface area contributed by atoms with Crippen LogP contribution in [-0.4, -0.2) is 47.3 Å². The quantitative estimate of drug-likeness (QED) is 0.402. The number of carboxylic acid groups (broad SMARTS) is 2. The van der Waals surface area contributed by atoms with Crippen molar-refractivity contribution in [3.63, 3.8) is 0 Å². The molecule has 0 fully saturated rings. The smallest absolute Gasteiger partial charge is 0.320 e. The summed E-state index contributed by atoms with van der Waals surface area (Å²) in [6, 6.07) is -1.23. The van der Waals surface area contributed by atoms with Crippen LogP contribution < -0.4 is 10.6 Å². The van der Waals surface area contributed by atoms with Crippen LogP contribution in [0.2, 0.25) is 0 Å². The highest BCUT2D eigenvalue weighted by Crippen LogP contribution is 1.81. The molecular formula is C8H16N2O4. The average Bonchev–Trinajstić information content (AvgIpc) is 2.11. The van der Waals surface area contributed by atoms with E-state index in [4.69, 9.17) is 10.2 Å². The minimum atomic E-state index is -0.920. The van der Waals surface area contributed by atoms with Crippen molar-refractivity contribution >= 4 is 11.9 Å². The summed E-state index contributed by atoms with van der Waals surface area (Å²) in [6.07, 6.45) is 0. The zero-order valence-electron chi connectivity index (χ0n) is 8.28. The lowest BCUT2D eigenvalue weighted by atomic mass is 10.3. The molecule has 0 saturated carbocycles. The fourth-order valence-electron chi connectivity index (χ4n) is 0.752. The van der Waals surface area contributed by atoms with Gasteiger partial charge in [-0.15, -0.1) is 0 Å². The van der Waals surface area contributed by atoms with Crippen LogP contribution >= 0.6 is 0 Å². The Morgan fingerprint density at radius 1 is 1.00 bits per heavy atom. The molecule has 0 aliphatic heterocycles. The van der Waals surface area contributed by atoms with Gasteiger partial charge in [-0.05, 0) is 13.8 Å².